The van der Waals surface area contributed by atoms with Gasteiger partial charge in [-0.25, -0.2) is 9.78 Å². The van der Waals surface area contributed by atoms with Gasteiger partial charge < -0.3 is 10.0 Å². The van der Waals surface area contributed by atoms with Crippen molar-refractivity contribution in [2.24, 2.45) is 0 Å². The van der Waals surface area contributed by atoms with Crippen LogP contribution in [-0.2, 0) is 6.42 Å². The van der Waals surface area contributed by atoms with E-state index in [4.69, 9.17) is 5.11 Å². The molecule has 2 aromatic rings. The number of nitrogens with zero attached hydrogens (tertiary/aromatic N) is 2. The van der Waals surface area contributed by atoms with Gasteiger partial charge in [-0.15, -0.1) is 11.3 Å². The van der Waals surface area contributed by atoms with Crippen molar-refractivity contribution in [3.63, 3.8) is 0 Å². The average molecular weight is 290 g/mol. The largest absolute Gasteiger partial charge is 0.477 e. The van der Waals surface area contributed by atoms with Crippen molar-refractivity contribution in [1.29, 1.82) is 0 Å². The number of pyridine rings is 1. The first-order chi connectivity index (χ1) is 9.58. The summed E-state index contributed by atoms with van der Waals surface area (Å²) in [4.78, 5) is 29.6. The summed E-state index contributed by atoms with van der Waals surface area (Å²) >= 11 is 1.65. The first-order valence-electron chi connectivity index (χ1n) is 6.06. The predicted molar refractivity (Wildman–Crippen MR) is 76.2 cm³/mol. The van der Waals surface area contributed by atoms with Gasteiger partial charge in [0.25, 0.3) is 5.91 Å². The highest BCUT2D eigenvalue weighted by molar-refractivity contribution is 7.09. The normalized spacial score (nSPS) is 10.2. The molecule has 0 saturated carbocycles. The van der Waals surface area contributed by atoms with Crippen molar-refractivity contribution >= 4 is 23.2 Å². The van der Waals surface area contributed by atoms with Crippen LogP contribution in [-0.4, -0.2) is 40.5 Å². The molecule has 0 aliphatic carbocycles. The molecule has 5 nitrogen and oxygen atoms in total. The van der Waals surface area contributed by atoms with Gasteiger partial charge in [0.1, 0.15) is 11.4 Å². The second kappa shape index (κ2) is 6.29. The Morgan fingerprint density at radius 3 is 2.65 bits per heavy atom. The Balaban J connectivity index is 2.02. The predicted octanol–water partition coefficient (Wildman–Crippen LogP) is 2.16. The third-order valence-electron chi connectivity index (χ3n) is 2.81. The fourth-order valence-electron chi connectivity index (χ4n) is 1.70. The molecule has 0 atom stereocenters. The minimum absolute atomic E-state index is 0.123. The molecular formula is C14H14N2O3S. The van der Waals surface area contributed by atoms with E-state index < -0.39 is 5.97 Å². The van der Waals surface area contributed by atoms with E-state index in [1.54, 1.807) is 23.3 Å². The Morgan fingerprint density at radius 1 is 1.25 bits per heavy atom. The fraction of sp³-hybridized carbons (Fsp3) is 0.214. The van der Waals surface area contributed by atoms with Gasteiger partial charge in [-0.05, 0) is 30.0 Å². The molecule has 1 N–H and O–H groups in total. The lowest BCUT2D eigenvalue weighted by molar-refractivity contribution is 0.0690. The molecule has 1 amide bonds. The zero-order valence-corrected chi connectivity index (χ0v) is 11.8. The Bertz CT molecular complexity index is 611. The lowest BCUT2D eigenvalue weighted by Gasteiger charge is -2.16. The average Bonchev–Trinajstić information content (AvgIpc) is 2.97. The molecule has 104 valence electrons. The molecule has 0 radical (unpaired) electrons. The second-order valence-electron chi connectivity index (χ2n) is 4.27. The van der Waals surface area contributed by atoms with Crippen LogP contribution in [0.15, 0.2) is 35.7 Å². The van der Waals surface area contributed by atoms with E-state index in [9.17, 15) is 9.59 Å². The highest BCUT2D eigenvalue weighted by Gasteiger charge is 2.15. The van der Waals surface area contributed by atoms with E-state index in [2.05, 4.69) is 4.98 Å². The molecule has 6 heteroatoms. The second-order valence-corrected chi connectivity index (χ2v) is 5.30. The van der Waals surface area contributed by atoms with E-state index in [0.29, 0.717) is 6.54 Å². The van der Waals surface area contributed by atoms with Gasteiger partial charge in [0.2, 0.25) is 0 Å². The van der Waals surface area contributed by atoms with Crippen LogP contribution in [0.4, 0.5) is 0 Å². The number of carbonyl (C=O) groups excluding carboxylic acids is 1. The van der Waals surface area contributed by atoms with Crippen LogP contribution in [0.25, 0.3) is 0 Å². The highest BCUT2D eigenvalue weighted by Crippen LogP contribution is 2.10. The van der Waals surface area contributed by atoms with Crippen LogP contribution in [0.2, 0.25) is 0 Å². The van der Waals surface area contributed by atoms with Gasteiger partial charge in [0.05, 0.1) is 0 Å². The molecule has 2 aromatic heterocycles. The zero-order chi connectivity index (χ0) is 14.5. The van der Waals surface area contributed by atoms with Crippen LogP contribution >= 0.6 is 11.3 Å². The number of aromatic carboxylic acids is 1. The lowest BCUT2D eigenvalue weighted by Crippen LogP contribution is -2.29. The van der Waals surface area contributed by atoms with E-state index >= 15 is 0 Å². The number of hydrogen-bond donors (Lipinski definition) is 1. The van der Waals surface area contributed by atoms with Crippen LogP contribution < -0.4 is 0 Å². The number of likely N-dealkylation sites (N-methyl/N-ethyl adjacent to an activating group) is 1. The van der Waals surface area contributed by atoms with Gasteiger partial charge in [0, 0.05) is 18.5 Å². The summed E-state index contributed by atoms with van der Waals surface area (Å²) in [5.41, 5.74) is 0.0288. The molecule has 0 fully saturated rings. The molecule has 0 bridgehead atoms. The number of aromatic nitrogens is 1. The van der Waals surface area contributed by atoms with Crippen molar-refractivity contribution < 1.29 is 14.7 Å². The van der Waals surface area contributed by atoms with E-state index in [-0.39, 0.29) is 17.3 Å². The highest BCUT2D eigenvalue weighted by atomic mass is 32.1. The maximum atomic E-state index is 12.2. The maximum absolute atomic E-state index is 12.2. The Kier molecular flexibility index (Phi) is 4.47. The molecule has 2 heterocycles. The van der Waals surface area contributed by atoms with Crippen molar-refractivity contribution in [3.05, 3.63) is 52.0 Å². The Labute approximate surface area is 120 Å². The molecule has 20 heavy (non-hydrogen) atoms. The molecular weight excluding hydrogens is 276 g/mol. The van der Waals surface area contributed by atoms with Crippen molar-refractivity contribution in [2.75, 3.05) is 13.6 Å². The van der Waals surface area contributed by atoms with E-state index in [1.807, 2.05) is 17.5 Å². The third kappa shape index (κ3) is 3.42. The van der Waals surface area contributed by atoms with Gasteiger partial charge in [-0.3, -0.25) is 4.79 Å². The zero-order valence-electron chi connectivity index (χ0n) is 10.9. The Morgan fingerprint density at radius 2 is 2.00 bits per heavy atom. The van der Waals surface area contributed by atoms with Crippen LogP contribution in [0.5, 0.6) is 0 Å². The van der Waals surface area contributed by atoms with Crippen LogP contribution in [0.1, 0.15) is 25.9 Å². The molecule has 0 aliphatic heterocycles. The Hall–Kier alpha value is -2.21. The number of hydrogen-bond acceptors (Lipinski definition) is 4. The number of rotatable bonds is 5. The number of carboxylic acid groups (broad SMARTS) is 1. The monoisotopic (exact) mass is 290 g/mol. The van der Waals surface area contributed by atoms with Gasteiger partial charge in [-0.1, -0.05) is 12.1 Å². The summed E-state index contributed by atoms with van der Waals surface area (Å²) < 4.78 is 0. The number of thiophene rings is 1. The van der Waals surface area contributed by atoms with Gasteiger partial charge >= 0.3 is 5.97 Å². The first kappa shape index (κ1) is 14.2. The molecule has 0 saturated heterocycles. The van der Waals surface area contributed by atoms with E-state index in [0.717, 1.165) is 6.42 Å². The quantitative estimate of drug-likeness (QED) is 0.916. The minimum Gasteiger partial charge on any atom is -0.477 e. The lowest BCUT2D eigenvalue weighted by atomic mass is 10.2. The van der Waals surface area contributed by atoms with Crippen LogP contribution in [0.3, 0.4) is 0 Å². The summed E-state index contributed by atoms with van der Waals surface area (Å²) in [6, 6.07) is 8.41. The van der Waals surface area contributed by atoms with Crippen molar-refractivity contribution in [2.45, 2.75) is 6.42 Å². The van der Waals surface area contributed by atoms with Gasteiger partial charge in [0.15, 0.2) is 0 Å². The third-order valence-corrected chi connectivity index (χ3v) is 3.74. The molecule has 0 aromatic carbocycles. The number of carboxylic acids is 1. The molecule has 0 spiro atoms. The van der Waals surface area contributed by atoms with E-state index in [1.165, 1.54) is 23.1 Å². The smallest absolute Gasteiger partial charge is 0.354 e. The summed E-state index contributed by atoms with van der Waals surface area (Å²) in [5.74, 6) is -1.41. The number of amides is 1. The van der Waals surface area contributed by atoms with Crippen molar-refractivity contribution in [1.82, 2.24) is 9.88 Å². The number of carbonyl (C=O) groups is 2. The van der Waals surface area contributed by atoms with Crippen molar-refractivity contribution in [3.8, 4) is 0 Å². The molecule has 0 unspecified atom stereocenters. The minimum atomic E-state index is -1.14. The summed E-state index contributed by atoms with van der Waals surface area (Å²) in [5, 5.41) is 10.9. The molecule has 2 rings (SSSR count). The summed E-state index contributed by atoms with van der Waals surface area (Å²) in [6.45, 7) is 0.568. The van der Waals surface area contributed by atoms with Gasteiger partial charge in [-0.2, -0.15) is 0 Å². The van der Waals surface area contributed by atoms with Crippen LogP contribution in [0, 0.1) is 0 Å². The SMILES string of the molecule is CN(CCc1cccs1)C(=O)c1cccc(C(=O)O)n1. The first-order valence-corrected chi connectivity index (χ1v) is 6.94. The topological polar surface area (TPSA) is 70.5 Å². The molecule has 0 aliphatic rings. The standard InChI is InChI=1S/C14H14N2O3S/c1-16(8-7-10-4-3-9-20-10)13(17)11-5-2-6-12(15-11)14(18)19/h2-6,9H,7-8H2,1H3,(H,18,19). The summed E-state index contributed by atoms with van der Waals surface area (Å²) in [7, 11) is 1.69. The summed E-state index contributed by atoms with van der Waals surface area (Å²) in [6.07, 6.45) is 0.776. The maximum Gasteiger partial charge on any atom is 0.354 e. The fourth-order valence-corrected chi connectivity index (χ4v) is 2.40.